The van der Waals surface area contributed by atoms with Crippen molar-refractivity contribution in [3.63, 3.8) is 0 Å². The average Bonchev–Trinajstić information content (AvgIpc) is 3.65. The lowest BCUT2D eigenvalue weighted by Gasteiger charge is -2.32. The summed E-state index contributed by atoms with van der Waals surface area (Å²) < 4.78 is 4.46. The first-order valence-electron chi connectivity index (χ1n) is 14.6. The van der Waals surface area contributed by atoms with Crippen LogP contribution in [-0.2, 0) is 32.5 Å². The van der Waals surface area contributed by atoms with Crippen LogP contribution in [0.3, 0.4) is 0 Å². The fourth-order valence-corrected chi connectivity index (χ4v) is 6.91. The molecule has 1 aliphatic carbocycles. The van der Waals surface area contributed by atoms with Gasteiger partial charge in [0.15, 0.2) is 5.75 Å². The van der Waals surface area contributed by atoms with Crippen LogP contribution in [0.2, 0.25) is 0 Å². The minimum absolute atomic E-state index is 0.176. The third-order valence-electron chi connectivity index (χ3n) is 8.99. The summed E-state index contributed by atoms with van der Waals surface area (Å²) in [6.45, 7) is 5.60. The van der Waals surface area contributed by atoms with E-state index >= 15 is 0 Å². The Hall–Kier alpha value is -4.34. The summed E-state index contributed by atoms with van der Waals surface area (Å²) in [5.41, 5.74) is 9.08. The molecule has 1 aliphatic heterocycles. The van der Waals surface area contributed by atoms with E-state index in [1.807, 2.05) is 0 Å². The van der Waals surface area contributed by atoms with Gasteiger partial charge in [0.05, 0.1) is 6.26 Å². The molecule has 0 saturated carbocycles. The molecule has 1 N–H and O–H groups in total. The summed E-state index contributed by atoms with van der Waals surface area (Å²) in [7, 11) is 0. The summed E-state index contributed by atoms with van der Waals surface area (Å²) in [4.78, 5) is 2.57. The molecule has 41 heavy (non-hydrogen) atoms. The molecule has 204 valence electrons. The molecule has 3 nitrogen and oxygen atoms in total. The predicted octanol–water partition coefficient (Wildman–Crippen LogP) is 9.01. The minimum atomic E-state index is 0.176. The van der Waals surface area contributed by atoms with Crippen LogP contribution in [0.4, 0.5) is 0 Å². The summed E-state index contributed by atoms with van der Waals surface area (Å²) in [6.07, 6.45) is 4.98. The van der Waals surface area contributed by atoms with E-state index in [0.29, 0.717) is 11.8 Å². The molecule has 0 bridgehead atoms. The van der Waals surface area contributed by atoms with Gasteiger partial charge in [-0.05, 0) is 79.6 Å². The Bertz CT molecular complexity index is 1810. The first-order chi connectivity index (χ1) is 20.1. The lowest BCUT2D eigenvalue weighted by molar-refractivity contribution is 0.275. The molecule has 0 fully saturated rings. The maximum atomic E-state index is 8.38. The van der Waals surface area contributed by atoms with Crippen LogP contribution in [0, 0.1) is 5.92 Å². The summed E-state index contributed by atoms with van der Waals surface area (Å²) in [5.74, 6) is 1.41. The highest BCUT2D eigenvalue weighted by Gasteiger charge is 2.29. The highest BCUT2D eigenvalue weighted by Crippen LogP contribution is 2.42. The molecule has 8 rings (SSSR count). The molecule has 2 atom stereocenters. The number of aromatic hydroxyl groups is 1. The van der Waals surface area contributed by atoms with E-state index in [4.69, 9.17) is 5.11 Å². The van der Waals surface area contributed by atoms with Gasteiger partial charge < -0.3 is 9.52 Å². The first kappa shape index (κ1) is 25.6. The average molecular weight is 538 g/mol. The van der Waals surface area contributed by atoms with Crippen LogP contribution in [-0.4, -0.2) is 10.0 Å². The lowest BCUT2D eigenvalue weighted by Crippen LogP contribution is -2.22. The number of furan rings is 1. The molecule has 2 unspecified atom stereocenters. The van der Waals surface area contributed by atoms with E-state index in [1.165, 1.54) is 68.8 Å². The zero-order valence-corrected chi connectivity index (χ0v) is 23.5. The second-order valence-electron chi connectivity index (χ2n) is 11.7. The van der Waals surface area contributed by atoms with Gasteiger partial charge in [0.1, 0.15) is 6.26 Å². The third kappa shape index (κ3) is 5.14. The Morgan fingerprint density at radius 1 is 0.732 bits per heavy atom. The van der Waals surface area contributed by atoms with Gasteiger partial charge in [-0.1, -0.05) is 104 Å². The molecule has 3 heteroatoms. The Balaban J connectivity index is 0.000000412. The number of nitrogens with zero attached hydrogens (tertiary/aromatic N) is 1. The van der Waals surface area contributed by atoms with E-state index in [-0.39, 0.29) is 5.75 Å². The van der Waals surface area contributed by atoms with Crippen molar-refractivity contribution in [3.8, 4) is 5.75 Å². The third-order valence-corrected chi connectivity index (χ3v) is 8.99. The van der Waals surface area contributed by atoms with Crippen molar-refractivity contribution in [2.24, 2.45) is 5.92 Å². The molecule has 0 amide bonds. The number of rotatable bonds is 3. The lowest BCUT2D eigenvalue weighted by atomic mass is 9.72. The molecule has 6 aromatic rings. The van der Waals surface area contributed by atoms with Gasteiger partial charge in [0.25, 0.3) is 0 Å². The van der Waals surface area contributed by atoms with Gasteiger partial charge in [-0.3, -0.25) is 4.90 Å². The van der Waals surface area contributed by atoms with E-state index in [2.05, 4.69) is 113 Å². The standard InChI is InChI=1S/C34H31N.C4H4O2/c1-23-17-26-14-16-31-30-10-6-5-9-25(30)13-15-32(31)34(26)19-33(23)27-11-12-28-21-35(22-29(28)18-27)20-24-7-3-2-4-8-24;5-4-1-2-6-3-4/h2-16,18,23,33H,17,19-22H2,1H3;1-3,5H. The zero-order valence-electron chi connectivity index (χ0n) is 23.5. The Labute approximate surface area is 241 Å². The van der Waals surface area contributed by atoms with Gasteiger partial charge in [-0.25, -0.2) is 0 Å². The van der Waals surface area contributed by atoms with Crippen LogP contribution in [0.15, 0.2) is 120 Å². The van der Waals surface area contributed by atoms with Crippen molar-refractivity contribution in [2.75, 3.05) is 0 Å². The van der Waals surface area contributed by atoms with Crippen molar-refractivity contribution in [1.29, 1.82) is 0 Å². The van der Waals surface area contributed by atoms with Crippen LogP contribution in [0.5, 0.6) is 5.75 Å². The van der Waals surface area contributed by atoms with Gasteiger partial charge in [-0.2, -0.15) is 0 Å². The first-order valence-corrected chi connectivity index (χ1v) is 14.6. The van der Waals surface area contributed by atoms with E-state index in [0.717, 1.165) is 26.1 Å². The highest BCUT2D eigenvalue weighted by molar-refractivity contribution is 6.08. The van der Waals surface area contributed by atoms with Gasteiger partial charge in [0, 0.05) is 25.7 Å². The highest BCUT2D eigenvalue weighted by atomic mass is 16.3. The second kappa shape index (κ2) is 10.9. The molecule has 2 aliphatic rings. The number of fused-ring (bicyclic) bond motifs is 6. The molecule has 1 aromatic heterocycles. The maximum Gasteiger partial charge on any atom is 0.153 e. The summed E-state index contributed by atoms with van der Waals surface area (Å²) in [6, 6.07) is 38.0. The molecule has 0 radical (unpaired) electrons. The maximum absolute atomic E-state index is 8.38. The van der Waals surface area contributed by atoms with Crippen LogP contribution in [0.25, 0.3) is 21.5 Å². The van der Waals surface area contributed by atoms with Crippen molar-refractivity contribution < 1.29 is 9.52 Å². The number of hydrogen-bond acceptors (Lipinski definition) is 3. The smallest absolute Gasteiger partial charge is 0.153 e. The predicted molar refractivity (Wildman–Crippen MR) is 167 cm³/mol. The van der Waals surface area contributed by atoms with E-state index in [1.54, 1.807) is 11.1 Å². The molecular weight excluding hydrogens is 502 g/mol. The second-order valence-corrected chi connectivity index (χ2v) is 11.7. The number of benzene rings is 5. The molecule has 2 heterocycles. The van der Waals surface area contributed by atoms with E-state index < -0.39 is 0 Å². The monoisotopic (exact) mass is 537 g/mol. The Kier molecular flexibility index (Phi) is 6.82. The quantitative estimate of drug-likeness (QED) is 0.229. The summed E-state index contributed by atoms with van der Waals surface area (Å²) >= 11 is 0. The fourth-order valence-electron chi connectivity index (χ4n) is 6.91. The molecule has 0 saturated heterocycles. The van der Waals surface area contributed by atoms with E-state index in [9.17, 15) is 0 Å². The van der Waals surface area contributed by atoms with Crippen molar-refractivity contribution in [1.82, 2.24) is 4.90 Å². The van der Waals surface area contributed by atoms with Crippen molar-refractivity contribution in [3.05, 3.63) is 149 Å². The Morgan fingerprint density at radius 3 is 2.32 bits per heavy atom. The van der Waals surface area contributed by atoms with Crippen LogP contribution < -0.4 is 0 Å². The Morgan fingerprint density at radius 2 is 1.51 bits per heavy atom. The number of hydrogen-bond donors (Lipinski definition) is 1. The molecule has 0 spiro atoms. The zero-order chi connectivity index (χ0) is 27.8. The van der Waals surface area contributed by atoms with Crippen LogP contribution >= 0.6 is 0 Å². The fraction of sp³-hybridized carbons (Fsp3) is 0.211. The molecular formula is C38H35NO2. The summed E-state index contributed by atoms with van der Waals surface area (Å²) in [5, 5.41) is 13.9. The largest absolute Gasteiger partial charge is 0.505 e. The van der Waals surface area contributed by atoms with Crippen molar-refractivity contribution >= 4 is 21.5 Å². The van der Waals surface area contributed by atoms with Gasteiger partial charge in [-0.15, -0.1) is 0 Å². The topological polar surface area (TPSA) is 36.6 Å². The minimum Gasteiger partial charge on any atom is -0.505 e. The normalized spacial score (nSPS) is 18.1. The SMILES string of the molecule is CC1Cc2ccc3c(ccc4ccccc43)c2CC1c1ccc2c(c1)CN(Cc1ccccc1)C2.Oc1ccoc1. The van der Waals surface area contributed by atoms with Crippen molar-refractivity contribution in [2.45, 2.75) is 45.3 Å². The van der Waals surface area contributed by atoms with Gasteiger partial charge >= 0.3 is 0 Å². The van der Waals surface area contributed by atoms with Crippen LogP contribution in [0.1, 0.15) is 46.2 Å². The van der Waals surface area contributed by atoms with Gasteiger partial charge in [0.2, 0.25) is 0 Å². The molecule has 5 aromatic carbocycles.